The summed E-state index contributed by atoms with van der Waals surface area (Å²) in [5.41, 5.74) is 1.01. The smallest absolute Gasteiger partial charge is 0.253 e. The Kier molecular flexibility index (Phi) is 5.11. The Bertz CT molecular complexity index is 433. The minimum atomic E-state index is -0.164. The van der Waals surface area contributed by atoms with E-state index >= 15 is 0 Å². The lowest BCUT2D eigenvalue weighted by atomic mass is 9.89. The average molecular weight is 271 g/mol. The number of pyridine rings is 1. The van der Waals surface area contributed by atoms with E-state index in [0.717, 1.165) is 0 Å². The zero-order chi connectivity index (χ0) is 13.8. The second-order valence-electron chi connectivity index (χ2n) is 5.09. The predicted octanol–water partition coefficient (Wildman–Crippen LogP) is 2.18. The zero-order valence-corrected chi connectivity index (χ0v) is 11.7. The highest BCUT2D eigenvalue weighted by atomic mass is 35.5. The first-order chi connectivity index (χ1) is 8.35. The number of carbonyl (C=O) groups excluding carboxylic acids is 1. The fraction of sp³-hybridized carbons (Fsp3) is 0.538. The van der Waals surface area contributed by atoms with Crippen molar-refractivity contribution in [3.8, 4) is 0 Å². The van der Waals surface area contributed by atoms with Crippen molar-refractivity contribution in [1.29, 1.82) is 0 Å². The minimum absolute atomic E-state index is 0.115. The van der Waals surface area contributed by atoms with E-state index in [9.17, 15) is 4.79 Å². The molecule has 0 bridgehead atoms. The van der Waals surface area contributed by atoms with Crippen LogP contribution in [0, 0.1) is 12.3 Å². The summed E-state index contributed by atoms with van der Waals surface area (Å²) in [6, 6.07) is 3.27. The first-order valence-corrected chi connectivity index (χ1v) is 6.26. The lowest BCUT2D eigenvalue weighted by Gasteiger charge is -2.23. The Morgan fingerprint density at radius 1 is 1.50 bits per heavy atom. The summed E-state index contributed by atoms with van der Waals surface area (Å²) in [4.78, 5) is 16.0. The van der Waals surface area contributed by atoms with Crippen molar-refractivity contribution in [2.24, 2.45) is 5.41 Å². The van der Waals surface area contributed by atoms with Crippen molar-refractivity contribution in [2.75, 3.05) is 13.2 Å². The van der Waals surface area contributed by atoms with Gasteiger partial charge in [-0.3, -0.25) is 4.79 Å². The van der Waals surface area contributed by atoms with Gasteiger partial charge in [-0.05, 0) is 30.9 Å². The van der Waals surface area contributed by atoms with E-state index in [1.165, 1.54) is 0 Å². The highest BCUT2D eigenvalue weighted by molar-refractivity contribution is 6.29. The second kappa shape index (κ2) is 6.16. The molecule has 0 saturated heterocycles. The Morgan fingerprint density at radius 3 is 2.72 bits per heavy atom. The molecule has 1 aromatic rings. The number of aromatic nitrogens is 1. The maximum atomic E-state index is 12.0. The number of aliphatic hydroxyl groups excluding tert-OH is 1. The van der Waals surface area contributed by atoms with Crippen molar-refractivity contribution in [1.82, 2.24) is 10.3 Å². The number of amides is 1. The van der Waals surface area contributed by atoms with Gasteiger partial charge in [-0.15, -0.1) is 0 Å². The van der Waals surface area contributed by atoms with Gasteiger partial charge < -0.3 is 10.4 Å². The quantitative estimate of drug-likeness (QED) is 0.806. The van der Waals surface area contributed by atoms with Crippen LogP contribution in [0.25, 0.3) is 0 Å². The number of hydrogen-bond acceptors (Lipinski definition) is 3. The van der Waals surface area contributed by atoms with E-state index in [-0.39, 0.29) is 17.9 Å². The third-order valence-corrected chi connectivity index (χ3v) is 3.02. The van der Waals surface area contributed by atoms with E-state index in [0.29, 0.717) is 29.4 Å². The van der Waals surface area contributed by atoms with Gasteiger partial charge in [0.05, 0.1) is 11.3 Å². The van der Waals surface area contributed by atoms with Crippen molar-refractivity contribution in [3.63, 3.8) is 0 Å². The van der Waals surface area contributed by atoms with Crippen LogP contribution in [0.2, 0.25) is 5.15 Å². The maximum Gasteiger partial charge on any atom is 0.253 e. The molecular weight excluding hydrogens is 252 g/mol. The molecule has 0 fully saturated rings. The lowest BCUT2D eigenvalue weighted by Crippen LogP contribution is -2.35. The molecule has 0 aliphatic heterocycles. The lowest BCUT2D eigenvalue weighted by molar-refractivity contribution is 0.0927. The molecule has 1 aromatic heterocycles. The van der Waals surface area contributed by atoms with E-state index < -0.39 is 0 Å². The van der Waals surface area contributed by atoms with E-state index in [2.05, 4.69) is 10.3 Å². The van der Waals surface area contributed by atoms with Crippen molar-refractivity contribution >= 4 is 17.5 Å². The number of aliphatic hydroxyl groups is 1. The maximum absolute atomic E-state index is 12.0. The third-order valence-electron chi connectivity index (χ3n) is 2.81. The summed E-state index contributed by atoms with van der Waals surface area (Å²) >= 11 is 5.74. The predicted molar refractivity (Wildman–Crippen MR) is 71.8 cm³/mol. The monoisotopic (exact) mass is 270 g/mol. The van der Waals surface area contributed by atoms with Gasteiger partial charge in [-0.25, -0.2) is 4.98 Å². The van der Waals surface area contributed by atoms with E-state index in [1.807, 2.05) is 13.8 Å². The third kappa shape index (κ3) is 4.27. The molecule has 4 nitrogen and oxygen atoms in total. The molecule has 0 spiro atoms. The van der Waals surface area contributed by atoms with Gasteiger partial charge in [0.25, 0.3) is 5.91 Å². The number of nitrogens with zero attached hydrogens (tertiary/aromatic N) is 1. The van der Waals surface area contributed by atoms with Gasteiger partial charge in [-0.2, -0.15) is 0 Å². The Hall–Kier alpha value is -1.13. The molecule has 5 heteroatoms. The van der Waals surface area contributed by atoms with Gasteiger partial charge in [0.1, 0.15) is 5.15 Å². The SMILES string of the molecule is Cc1nc(Cl)ccc1C(=O)NCC(C)(C)CCO. The minimum Gasteiger partial charge on any atom is -0.396 e. The fourth-order valence-electron chi connectivity index (χ4n) is 1.58. The first kappa shape index (κ1) is 14.9. The molecule has 0 aliphatic rings. The number of carbonyl (C=O) groups is 1. The number of hydrogen-bond donors (Lipinski definition) is 2. The summed E-state index contributed by atoms with van der Waals surface area (Å²) in [7, 11) is 0. The Morgan fingerprint density at radius 2 is 2.17 bits per heavy atom. The fourth-order valence-corrected chi connectivity index (χ4v) is 1.77. The Balaban J connectivity index is 2.66. The largest absolute Gasteiger partial charge is 0.396 e. The van der Waals surface area contributed by atoms with Gasteiger partial charge in [0.15, 0.2) is 0 Å². The van der Waals surface area contributed by atoms with Gasteiger partial charge in [0.2, 0.25) is 0 Å². The van der Waals surface area contributed by atoms with Gasteiger partial charge in [-0.1, -0.05) is 25.4 Å². The van der Waals surface area contributed by atoms with Crippen LogP contribution in [0.1, 0.15) is 36.3 Å². The van der Waals surface area contributed by atoms with Crippen LogP contribution in [0.4, 0.5) is 0 Å². The molecule has 0 atom stereocenters. The molecule has 2 N–H and O–H groups in total. The summed E-state index contributed by atoms with van der Waals surface area (Å²) < 4.78 is 0. The van der Waals surface area contributed by atoms with Crippen LogP contribution in [0.5, 0.6) is 0 Å². The molecule has 1 rings (SSSR count). The molecule has 0 unspecified atom stereocenters. The summed E-state index contributed by atoms with van der Waals surface area (Å²) in [6.45, 7) is 6.37. The number of nitrogens with one attached hydrogen (secondary N) is 1. The molecule has 0 radical (unpaired) electrons. The topological polar surface area (TPSA) is 62.2 Å². The summed E-state index contributed by atoms with van der Waals surface area (Å²) in [5.74, 6) is -0.164. The van der Waals surface area contributed by atoms with Crippen LogP contribution in [0.15, 0.2) is 12.1 Å². The van der Waals surface area contributed by atoms with Crippen molar-refractivity contribution < 1.29 is 9.90 Å². The number of aryl methyl sites for hydroxylation is 1. The zero-order valence-electron chi connectivity index (χ0n) is 11.0. The van der Waals surface area contributed by atoms with Crippen LogP contribution >= 0.6 is 11.6 Å². The Labute approximate surface area is 112 Å². The molecular formula is C13H19ClN2O2. The molecule has 1 heterocycles. The van der Waals surface area contributed by atoms with Crippen LogP contribution in [0.3, 0.4) is 0 Å². The van der Waals surface area contributed by atoms with Crippen molar-refractivity contribution in [3.05, 3.63) is 28.5 Å². The molecule has 0 aromatic carbocycles. The molecule has 0 aliphatic carbocycles. The van der Waals surface area contributed by atoms with Crippen LogP contribution in [-0.4, -0.2) is 29.1 Å². The number of rotatable bonds is 5. The normalized spacial score (nSPS) is 11.4. The summed E-state index contributed by atoms with van der Waals surface area (Å²) in [6.07, 6.45) is 0.644. The highest BCUT2D eigenvalue weighted by Crippen LogP contribution is 2.18. The van der Waals surface area contributed by atoms with Crippen LogP contribution < -0.4 is 5.32 Å². The summed E-state index contributed by atoms with van der Waals surface area (Å²) in [5, 5.41) is 12.2. The first-order valence-electron chi connectivity index (χ1n) is 5.88. The van der Waals surface area contributed by atoms with Crippen molar-refractivity contribution in [2.45, 2.75) is 27.2 Å². The van der Waals surface area contributed by atoms with Gasteiger partial charge in [0, 0.05) is 13.2 Å². The second-order valence-corrected chi connectivity index (χ2v) is 5.47. The van der Waals surface area contributed by atoms with Crippen LogP contribution in [-0.2, 0) is 0 Å². The molecule has 0 saturated carbocycles. The average Bonchev–Trinajstić information content (AvgIpc) is 2.26. The van der Waals surface area contributed by atoms with Gasteiger partial charge >= 0.3 is 0 Å². The number of halogens is 1. The molecule has 1 amide bonds. The van der Waals surface area contributed by atoms with E-state index in [4.69, 9.17) is 16.7 Å². The standard InChI is InChI=1S/C13H19ClN2O2/c1-9-10(4-5-11(14)16-9)12(18)15-8-13(2,3)6-7-17/h4-5,17H,6-8H2,1-3H3,(H,15,18). The highest BCUT2D eigenvalue weighted by Gasteiger charge is 2.19. The molecule has 100 valence electrons. The van der Waals surface area contributed by atoms with E-state index in [1.54, 1.807) is 19.1 Å². The molecule has 18 heavy (non-hydrogen) atoms.